The minimum absolute atomic E-state index is 0.0164. The lowest BCUT2D eigenvalue weighted by atomic mass is 10.1. The van der Waals surface area contributed by atoms with Crippen molar-refractivity contribution in [1.82, 2.24) is 10.0 Å². The van der Waals surface area contributed by atoms with Crippen LogP contribution in [0.4, 0.5) is 4.39 Å². The number of rotatable bonds is 7. The van der Waals surface area contributed by atoms with E-state index in [1.54, 1.807) is 0 Å². The van der Waals surface area contributed by atoms with Gasteiger partial charge in [-0.1, -0.05) is 12.1 Å². The van der Waals surface area contributed by atoms with Crippen LogP contribution >= 0.6 is 0 Å². The maximum Gasteiger partial charge on any atom is 0.336 e. The Kier molecular flexibility index (Phi) is 6.06. The first-order chi connectivity index (χ1) is 12.2. The summed E-state index contributed by atoms with van der Waals surface area (Å²) in [6.07, 6.45) is 0. The van der Waals surface area contributed by atoms with Crippen molar-refractivity contribution in [3.05, 3.63) is 65.0 Å². The molecule has 7 nitrogen and oxygen atoms in total. The largest absolute Gasteiger partial charge is 0.478 e. The molecule has 9 heteroatoms. The van der Waals surface area contributed by atoms with Crippen molar-refractivity contribution >= 4 is 21.9 Å². The number of aryl methyl sites for hydroxylation is 1. The number of hydrogen-bond donors (Lipinski definition) is 3. The fourth-order valence-corrected chi connectivity index (χ4v) is 3.57. The zero-order valence-corrected chi connectivity index (χ0v) is 14.6. The molecule has 0 bridgehead atoms. The highest BCUT2D eigenvalue weighted by atomic mass is 32.2. The minimum atomic E-state index is -3.85. The lowest BCUT2D eigenvalue weighted by Gasteiger charge is -2.11. The van der Waals surface area contributed by atoms with Gasteiger partial charge in [-0.3, -0.25) is 4.79 Å². The van der Waals surface area contributed by atoms with Gasteiger partial charge in [-0.15, -0.1) is 0 Å². The van der Waals surface area contributed by atoms with Crippen molar-refractivity contribution in [3.8, 4) is 0 Å². The summed E-state index contributed by atoms with van der Waals surface area (Å²) in [6, 6.07) is 9.02. The molecule has 0 atom stereocenters. The Morgan fingerprint density at radius 1 is 1.08 bits per heavy atom. The molecule has 0 spiro atoms. The van der Waals surface area contributed by atoms with E-state index >= 15 is 0 Å². The molecule has 0 aliphatic carbocycles. The highest BCUT2D eigenvalue weighted by Gasteiger charge is 2.18. The lowest BCUT2D eigenvalue weighted by Crippen LogP contribution is -2.35. The van der Waals surface area contributed by atoms with Gasteiger partial charge in [0.1, 0.15) is 5.82 Å². The van der Waals surface area contributed by atoms with Crippen molar-refractivity contribution < 1.29 is 27.5 Å². The van der Waals surface area contributed by atoms with E-state index < -0.39 is 27.7 Å². The smallest absolute Gasteiger partial charge is 0.336 e. The molecule has 26 heavy (non-hydrogen) atoms. The predicted molar refractivity (Wildman–Crippen MR) is 92.1 cm³/mol. The van der Waals surface area contributed by atoms with Gasteiger partial charge in [0.25, 0.3) is 5.91 Å². The molecule has 3 N–H and O–H groups in total. The van der Waals surface area contributed by atoms with E-state index in [4.69, 9.17) is 5.11 Å². The Morgan fingerprint density at radius 2 is 1.73 bits per heavy atom. The standard InChI is InChI=1S/C17H17FN2O5S/c1-11-10-12(18)6-7-15(11)26(24,25)20-9-8-19-16(21)13-4-2-3-5-14(13)17(22)23/h2-7,10,20H,8-9H2,1H3,(H,19,21)(H,22,23). The third kappa shape index (κ3) is 4.64. The molecule has 0 aromatic heterocycles. The molecule has 0 heterocycles. The van der Waals surface area contributed by atoms with Crippen LogP contribution in [0.2, 0.25) is 0 Å². The van der Waals surface area contributed by atoms with Gasteiger partial charge in [-0.05, 0) is 42.8 Å². The van der Waals surface area contributed by atoms with Crippen LogP contribution in [-0.4, -0.2) is 38.5 Å². The predicted octanol–water partition coefficient (Wildman–Crippen LogP) is 1.54. The molecule has 0 fully saturated rings. The molecule has 1 amide bonds. The van der Waals surface area contributed by atoms with Gasteiger partial charge in [-0.2, -0.15) is 0 Å². The van der Waals surface area contributed by atoms with Gasteiger partial charge >= 0.3 is 5.97 Å². The molecule has 2 rings (SSSR count). The Balaban J connectivity index is 1.96. The van der Waals surface area contributed by atoms with Crippen LogP contribution in [0.3, 0.4) is 0 Å². The van der Waals surface area contributed by atoms with Gasteiger partial charge in [0.2, 0.25) is 10.0 Å². The van der Waals surface area contributed by atoms with E-state index in [-0.39, 0.29) is 34.7 Å². The Hall–Kier alpha value is -2.78. The van der Waals surface area contributed by atoms with E-state index in [0.717, 1.165) is 18.2 Å². The summed E-state index contributed by atoms with van der Waals surface area (Å²) in [5, 5.41) is 11.5. The summed E-state index contributed by atoms with van der Waals surface area (Å²) in [5.74, 6) is -2.39. The van der Waals surface area contributed by atoms with Crippen molar-refractivity contribution in [2.24, 2.45) is 0 Å². The normalized spacial score (nSPS) is 11.2. The minimum Gasteiger partial charge on any atom is -0.478 e. The van der Waals surface area contributed by atoms with E-state index in [2.05, 4.69) is 10.0 Å². The maximum absolute atomic E-state index is 13.1. The van der Waals surface area contributed by atoms with Crippen molar-refractivity contribution in [1.29, 1.82) is 0 Å². The molecule has 138 valence electrons. The summed E-state index contributed by atoms with van der Waals surface area (Å²) in [4.78, 5) is 23.1. The summed E-state index contributed by atoms with van der Waals surface area (Å²) in [5.41, 5.74) is 0.0988. The molecule has 0 aliphatic heterocycles. The van der Waals surface area contributed by atoms with Crippen LogP contribution in [0.5, 0.6) is 0 Å². The Bertz CT molecular complexity index is 944. The SMILES string of the molecule is Cc1cc(F)ccc1S(=O)(=O)NCCNC(=O)c1ccccc1C(=O)O. The van der Waals surface area contributed by atoms with Crippen LogP contribution in [0.15, 0.2) is 47.4 Å². The van der Waals surface area contributed by atoms with E-state index in [1.165, 1.54) is 31.2 Å². The number of nitrogens with one attached hydrogen (secondary N) is 2. The van der Waals surface area contributed by atoms with E-state index in [0.29, 0.717) is 0 Å². The first-order valence-corrected chi connectivity index (χ1v) is 9.07. The van der Waals surface area contributed by atoms with Gasteiger partial charge in [0, 0.05) is 13.1 Å². The number of benzene rings is 2. The summed E-state index contributed by atoms with van der Waals surface area (Å²) in [6.45, 7) is 1.31. The second-order valence-corrected chi connectivity index (χ2v) is 7.15. The van der Waals surface area contributed by atoms with Crippen LogP contribution in [0.1, 0.15) is 26.3 Å². The number of hydrogen-bond acceptors (Lipinski definition) is 4. The first kappa shape index (κ1) is 19.5. The fourth-order valence-electron chi connectivity index (χ4n) is 2.32. The lowest BCUT2D eigenvalue weighted by molar-refractivity contribution is 0.0691. The van der Waals surface area contributed by atoms with Crippen molar-refractivity contribution in [2.75, 3.05) is 13.1 Å². The number of carboxylic acid groups (broad SMARTS) is 1. The van der Waals surface area contributed by atoms with Crippen LogP contribution in [-0.2, 0) is 10.0 Å². The van der Waals surface area contributed by atoms with Gasteiger partial charge in [0.05, 0.1) is 16.0 Å². The number of amides is 1. The molecule has 0 unspecified atom stereocenters. The highest BCUT2D eigenvalue weighted by Crippen LogP contribution is 2.15. The number of carbonyl (C=O) groups excluding carboxylic acids is 1. The zero-order chi connectivity index (χ0) is 19.3. The van der Waals surface area contributed by atoms with E-state index in [9.17, 15) is 22.4 Å². The molecule has 2 aromatic rings. The third-order valence-electron chi connectivity index (χ3n) is 3.53. The van der Waals surface area contributed by atoms with Crippen molar-refractivity contribution in [3.63, 3.8) is 0 Å². The molecular weight excluding hydrogens is 363 g/mol. The quantitative estimate of drug-likeness (QED) is 0.631. The second-order valence-electron chi connectivity index (χ2n) is 5.41. The molecule has 0 aliphatic rings. The summed E-state index contributed by atoms with van der Waals surface area (Å²) in [7, 11) is -3.85. The van der Waals surface area contributed by atoms with Crippen LogP contribution in [0.25, 0.3) is 0 Å². The topological polar surface area (TPSA) is 113 Å². The molecule has 0 saturated heterocycles. The molecule has 0 saturated carbocycles. The average molecular weight is 380 g/mol. The summed E-state index contributed by atoms with van der Waals surface area (Å²) < 4.78 is 39.8. The zero-order valence-electron chi connectivity index (χ0n) is 13.8. The average Bonchev–Trinajstić information content (AvgIpc) is 2.58. The summed E-state index contributed by atoms with van der Waals surface area (Å²) >= 11 is 0. The second kappa shape index (κ2) is 8.07. The number of halogens is 1. The number of carboxylic acids is 1. The van der Waals surface area contributed by atoms with Crippen LogP contribution < -0.4 is 10.0 Å². The highest BCUT2D eigenvalue weighted by molar-refractivity contribution is 7.89. The maximum atomic E-state index is 13.1. The molecule has 0 radical (unpaired) electrons. The monoisotopic (exact) mass is 380 g/mol. The van der Waals surface area contributed by atoms with Crippen molar-refractivity contribution in [2.45, 2.75) is 11.8 Å². The molecular formula is C17H17FN2O5S. The van der Waals surface area contributed by atoms with Crippen LogP contribution in [0, 0.1) is 12.7 Å². The van der Waals surface area contributed by atoms with Gasteiger partial charge in [0.15, 0.2) is 0 Å². The van der Waals surface area contributed by atoms with Gasteiger partial charge in [-0.25, -0.2) is 22.3 Å². The third-order valence-corrected chi connectivity index (χ3v) is 5.15. The Labute approximate surface area is 149 Å². The van der Waals surface area contributed by atoms with Gasteiger partial charge < -0.3 is 10.4 Å². The number of carbonyl (C=O) groups is 2. The number of aromatic carboxylic acids is 1. The fraction of sp³-hybridized carbons (Fsp3) is 0.176. The Morgan fingerprint density at radius 3 is 2.35 bits per heavy atom. The van der Waals surface area contributed by atoms with E-state index in [1.807, 2.05) is 0 Å². The number of sulfonamides is 1. The first-order valence-electron chi connectivity index (χ1n) is 7.58. The molecule has 2 aromatic carbocycles.